The van der Waals surface area contributed by atoms with Gasteiger partial charge in [0, 0.05) is 43.4 Å². The number of unbranched alkanes of at least 4 members (excludes halogenated alkanes) is 1. The Morgan fingerprint density at radius 1 is 0.914 bits per heavy atom. The maximum Gasteiger partial charge on any atom is 0.254 e. The quantitative estimate of drug-likeness (QED) is 0.407. The Labute approximate surface area is 207 Å². The summed E-state index contributed by atoms with van der Waals surface area (Å²) in [5.41, 5.74) is 2.60. The monoisotopic (exact) mass is 474 g/mol. The van der Waals surface area contributed by atoms with Gasteiger partial charge >= 0.3 is 0 Å². The SMILES string of the molecule is CCCCOc1ccc(C(=O)N2CCN(c3cc(-c4ccccc4)nc(C)n3)CC2)cc1OCC. The molecule has 0 radical (unpaired) electrons. The number of anilines is 1. The van der Waals surface area contributed by atoms with Gasteiger partial charge in [-0.3, -0.25) is 4.79 Å². The maximum absolute atomic E-state index is 13.2. The molecule has 3 aromatic rings. The van der Waals surface area contributed by atoms with E-state index in [1.807, 2.05) is 55.1 Å². The van der Waals surface area contributed by atoms with Gasteiger partial charge in [0.1, 0.15) is 11.6 Å². The molecule has 2 aromatic carbocycles. The molecule has 7 nitrogen and oxygen atoms in total. The number of nitrogens with zero attached hydrogens (tertiary/aromatic N) is 4. The van der Waals surface area contributed by atoms with Crippen LogP contribution in [-0.2, 0) is 0 Å². The molecule has 0 saturated carbocycles. The number of hydrogen-bond donors (Lipinski definition) is 0. The summed E-state index contributed by atoms with van der Waals surface area (Å²) in [5, 5.41) is 0. The van der Waals surface area contributed by atoms with Crippen molar-refractivity contribution in [3.05, 3.63) is 66.0 Å². The highest BCUT2D eigenvalue weighted by Crippen LogP contribution is 2.30. The van der Waals surface area contributed by atoms with Gasteiger partial charge in [0.05, 0.1) is 18.9 Å². The van der Waals surface area contributed by atoms with Gasteiger partial charge in [-0.05, 0) is 38.5 Å². The average molecular weight is 475 g/mol. The molecule has 0 spiro atoms. The van der Waals surface area contributed by atoms with Crippen molar-refractivity contribution < 1.29 is 14.3 Å². The summed E-state index contributed by atoms with van der Waals surface area (Å²) in [7, 11) is 0. The summed E-state index contributed by atoms with van der Waals surface area (Å²) in [6.45, 7) is 9.82. The zero-order valence-corrected chi connectivity index (χ0v) is 20.9. The van der Waals surface area contributed by atoms with Gasteiger partial charge in [0.2, 0.25) is 0 Å². The number of hydrogen-bond acceptors (Lipinski definition) is 6. The number of piperazine rings is 1. The largest absolute Gasteiger partial charge is 0.490 e. The normalized spacial score (nSPS) is 13.6. The average Bonchev–Trinajstić information content (AvgIpc) is 2.89. The Balaban J connectivity index is 1.43. The van der Waals surface area contributed by atoms with E-state index in [1.54, 1.807) is 6.07 Å². The van der Waals surface area contributed by atoms with Crippen molar-refractivity contribution in [3.8, 4) is 22.8 Å². The predicted octanol–water partition coefficient (Wildman–Crippen LogP) is 4.99. The zero-order chi connectivity index (χ0) is 24.6. The van der Waals surface area contributed by atoms with Crippen LogP contribution in [0.3, 0.4) is 0 Å². The molecule has 1 aliphatic heterocycles. The molecule has 184 valence electrons. The Morgan fingerprint density at radius 3 is 2.40 bits per heavy atom. The molecular weight excluding hydrogens is 440 g/mol. The van der Waals surface area contributed by atoms with Gasteiger partial charge in [0.15, 0.2) is 11.5 Å². The number of carbonyl (C=O) groups is 1. The van der Waals surface area contributed by atoms with Crippen LogP contribution in [0.4, 0.5) is 5.82 Å². The molecule has 0 aliphatic carbocycles. The van der Waals surface area contributed by atoms with E-state index in [-0.39, 0.29) is 5.91 Å². The molecule has 4 rings (SSSR count). The second-order valence-corrected chi connectivity index (χ2v) is 8.60. The van der Waals surface area contributed by atoms with Crippen LogP contribution in [0.1, 0.15) is 42.9 Å². The van der Waals surface area contributed by atoms with E-state index in [2.05, 4.69) is 33.9 Å². The molecule has 0 N–H and O–H groups in total. The first-order valence-corrected chi connectivity index (χ1v) is 12.4. The van der Waals surface area contributed by atoms with Crippen molar-refractivity contribution >= 4 is 11.7 Å². The molecule has 0 atom stereocenters. The van der Waals surface area contributed by atoms with Gasteiger partial charge in [0.25, 0.3) is 5.91 Å². The first-order valence-electron chi connectivity index (χ1n) is 12.4. The van der Waals surface area contributed by atoms with Crippen molar-refractivity contribution in [1.29, 1.82) is 0 Å². The number of aromatic nitrogens is 2. The van der Waals surface area contributed by atoms with Gasteiger partial charge < -0.3 is 19.3 Å². The van der Waals surface area contributed by atoms with Crippen LogP contribution in [0.15, 0.2) is 54.6 Å². The second kappa shape index (κ2) is 11.7. The van der Waals surface area contributed by atoms with E-state index in [9.17, 15) is 4.79 Å². The Bertz CT molecular complexity index is 1130. The second-order valence-electron chi connectivity index (χ2n) is 8.60. The van der Waals surface area contributed by atoms with Gasteiger partial charge in [-0.15, -0.1) is 0 Å². The van der Waals surface area contributed by atoms with Crippen molar-refractivity contribution in [1.82, 2.24) is 14.9 Å². The Hall–Kier alpha value is -3.61. The maximum atomic E-state index is 13.2. The molecule has 2 heterocycles. The third kappa shape index (κ3) is 6.10. The Kier molecular flexibility index (Phi) is 8.19. The number of benzene rings is 2. The summed E-state index contributed by atoms with van der Waals surface area (Å²) in [6.07, 6.45) is 2.05. The highest BCUT2D eigenvalue weighted by Gasteiger charge is 2.24. The molecule has 1 fully saturated rings. The molecular formula is C28H34N4O3. The lowest BCUT2D eigenvalue weighted by Gasteiger charge is -2.35. The molecule has 0 bridgehead atoms. The van der Waals surface area contributed by atoms with E-state index in [1.165, 1.54) is 0 Å². The Morgan fingerprint density at radius 2 is 1.69 bits per heavy atom. The topological polar surface area (TPSA) is 67.8 Å². The van der Waals surface area contributed by atoms with Crippen LogP contribution in [0.25, 0.3) is 11.3 Å². The number of aryl methyl sites for hydroxylation is 1. The first-order chi connectivity index (χ1) is 17.1. The summed E-state index contributed by atoms with van der Waals surface area (Å²) in [5.74, 6) is 2.96. The van der Waals surface area contributed by atoms with Crippen molar-refractivity contribution in [2.75, 3.05) is 44.3 Å². The minimum atomic E-state index is 0.00885. The van der Waals surface area contributed by atoms with E-state index < -0.39 is 0 Å². The summed E-state index contributed by atoms with van der Waals surface area (Å²) >= 11 is 0. The standard InChI is InChI=1S/C28H34N4O3/c1-4-6-18-35-25-13-12-23(19-26(25)34-5-2)28(33)32-16-14-31(15-17-32)27-20-24(29-21(3)30-27)22-10-8-7-9-11-22/h7-13,19-20H,4-6,14-18H2,1-3H3. The lowest BCUT2D eigenvalue weighted by molar-refractivity contribution is 0.0746. The molecule has 35 heavy (non-hydrogen) atoms. The number of carbonyl (C=O) groups excluding carboxylic acids is 1. The lowest BCUT2D eigenvalue weighted by Crippen LogP contribution is -2.49. The van der Waals surface area contributed by atoms with Gasteiger partial charge in [-0.2, -0.15) is 0 Å². The highest BCUT2D eigenvalue weighted by molar-refractivity contribution is 5.95. The van der Waals surface area contributed by atoms with Crippen molar-refractivity contribution in [2.45, 2.75) is 33.6 Å². The predicted molar refractivity (Wildman–Crippen MR) is 138 cm³/mol. The van der Waals surface area contributed by atoms with Crippen LogP contribution in [0.5, 0.6) is 11.5 Å². The summed E-state index contributed by atoms with van der Waals surface area (Å²) in [4.78, 5) is 26.6. The fourth-order valence-electron chi connectivity index (χ4n) is 4.15. The van der Waals surface area contributed by atoms with Crippen molar-refractivity contribution in [2.24, 2.45) is 0 Å². The van der Waals surface area contributed by atoms with Crippen molar-refractivity contribution in [3.63, 3.8) is 0 Å². The molecule has 1 saturated heterocycles. The molecule has 1 amide bonds. The van der Waals surface area contributed by atoms with Crippen LogP contribution in [-0.4, -0.2) is 60.2 Å². The van der Waals surface area contributed by atoms with E-state index >= 15 is 0 Å². The fraction of sp³-hybridized carbons (Fsp3) is 0.393. The summed E-state index contributed by atoms with van der Waals surface area (Å²) in [6, 6.07) is 17.6. The third-order valence-electron chi connectivity index (χ3n) is 6.03. The van der Waals surface area contributed by atoms with Crippen LogP contribution >= 0.6 is 0 Å². The van der Waals surface area contributed by atoms with E-state index in [0.717, 1.165) is 35.7 Å². The van der Waals surface area contributed by atoms with E-state index in [0.29, 0.717) is 56.5 Å². The number of amides is 1. The number of rotatable bonds is 9. The highest BCUT2D eigenvalue weighted by atomic mass is 16.5. The third-order valence-corrected chi connectivity index (χ3v) is 6.03. The van der Waals surface area contributed by atoms with Gasteiger partial charge in [-0.25, -0.2) is 9.97 Å². The van der Waals surface area contributed by atoms with Gasteiger partial charge in [-0.1, -0.05) is 43.7 Å². The van der Waals surface area contributed by atoms with Crippen LogP contribution in [0.2, 0.25) is 0 Å². The molecule has 1 aromatic heterocycles. The smallest absolute Gasteiger partial charge is 0.254 e. The molecule has 7 heteroatoms. The van der Waals surface area contributed by atoms with E-state index in [4.69, 9.17) is 9.47 Å². The van der Waals surface area contributed by atoms with Crippen LogP contribution < -0.4 is 14.4 Å². The number of ether oxygens (including phenoxy) is 2. The van der Waals surface area contributed by atoms with Crippen LogP contribution in [0, 0.1) is 6.92 Å². The molecule has 0 unspecified atom stereocenters. The zero-order valence-electron chi connectivity index (χ0n) is 20.9. The minimum Gasteiger partial charge on any atom is -0.490 e. The lowest BCUT2D eigenvalue weighted by atomic mass is 10.1. The first kappa shape index (κ1) is 24.5. The molecule has 1 aliphatic rings. The summed E-state index contributed by atoms with van der Waals surface area (Å²) < 4.78 is 11.6. The fourth-order valence-corrected chi connectivity index (χ4v) is 4.15. The minimum absolute atomic E-state index is 0.00885.